The first-order valence-corrected chi connectivity index (χ1v) is 11.7. The molecule has 2 rings (SSSR count). The van der Waals surface area contributed by atoms with Crippen LogP contribution in [0.3, 0.4) is 0 Å². The number of halogens is 4. The molecule has 6 nitrogen and oxygen atoms in total. The number of benzene rings is 2. The average molecular weight is 613 g/mol. The molecule has 0 spiro atoms. The maximum atomic E-state index is 12.5. The lowest BCUT2D eigenvalue weighted by atomic mass is 9.85. The monoisotopic (exact) mass is 610 g/mol. The van der Waals surface area contributed by atoms with E-state index in [9.17, 15) is 9.59 Å². The van der Waals surface area contributed by atoms with E-state index in [1.54, 1.807) is 12.1 Å². The largest absolute Gasteiger partial charge is 0.495 e. The Bertz CT molecular complexity index is 976. The summed E-state index contributed by atoms with van der Waals surface area (Å²) >= 11 is 20.0. The molecule has 0 heterocycles. The van der Waals surface area contributed by atoms with Gasteiger partial charge in [-0.3, -0.25) is 0 Å². The van der Waals surface area contributed by atoms with E-state index in [1.165, 1.54) is 28.4 Å². The van der Waals surface area contributed by atoms with Crippen molar-refractivity contribution in [2.75, 3.05) is 28.4 Å². The fourth-order valence-electron chi connectivity index (χ4n) is 3.50. The van der Waals surface area contributed by atoms with Crippen molar-refractivity contribution in [1.29, 1.82) is 0 Å². The van der Waals surface area contributed by atoms with E-state index in [2.05, 4.69) is 31.9 Å². The molecule has 0 aromatic heterocycles. The van der Waals surface area contributed by atoms with Crippen molar-refractivity contribution in [1.82, 2.24) is 0 Å². The fourth-order valence-corrected chi connectivity index (χ4v) is 5.25. The Balaban J connectivity index is 2.93. The summed E-state index contributed by atoms with van der Waals surface area (Å²) in [4.78, 5) is 24.0. The van der Waals surface area contributed by atoms with Crippen LogP contribution in [0.1, 0.15) is 48.9 Å². The average Bonchev–Trinajstić information content (AvgIpc) is 2.77. The molecule has 0 saturated carbocycles. The molecule has 0 radical (unpaired) electrons. The van der Waals surface area contributed by atoms with Crippen LogP contribution in [-0.4, -0.2) is 45.2 Å². The van der Waals surface area contributed by atoms with Crippen LogP contribution in [0.5, 0.6) is 11.5 Å². The summed E-state index contributed by atoms with van der Waals surface area (Å²) in [6.07, 6.45) is 0. The van der Waals surface area contributed by atoms with Crippen LogP contribution >= 0.6 is 55.1 Å². The van der Waals surface area contributed by atoms with Gasteiger partial charge in [-0.15, -0.1) is 23.2 Å². The second-order valence-corrected chi connectivity index (χ2v) is 9.52. The van der Waals surface area contributed by atoms with Gasteiger partial charge in [0.25, 0.3) is 0 Å². The Hall–Kier alpha value is -1.48. The van der Waals surface area contributed by atoms with Crippen LogP contribution in [-0.2, 0) is 9.47 Å². The van der Waals surface area contributed by atoms with Gasteiger partial charge in [0, 0.05) is 5.92 Å². The van der Waals surface area contributed by atoms with Crippen LogP contribution in [0.15, 0.2) is 21.1 Å². The maximum absolute atomic E-state index is 12.5. The van der Waals surface area contributed by atoms with E-state index in [0.29, 0.717) is 31.6 Å². The molecular formula is C22H22Br2Cl2O6. The SMILES string of the molecule is COC(=O)c1cc(C(c2cc(C(=O)OC)c(OC)c(Br)c2C)C(Cl)Cl)c(C)c(Br)c1OC. The number of hydrogen-bond donors (Lipinski definition) is 0. The lowest BCUT2D eigenvalue weighted by Crippen LogP contribution is -2.17. The van der Waals surface area contributed by atoms with Crippen molar-refractivity contribution < 1.29 is 28.5 Å². The Kier molecular flexibility index (Phi) is 9.28. The Labute approximate surface area is 213 Å². The van der Waals surface area contributed by atoms with E-state index in [4.69, 9.17) is 42.1 Å². The third-order valence-corrected chi connectivity index (χ3v) is 7.57. The van der Waals surface area contributed by atoms with Gasteiger partial charge in [0.2, 0.25) is 0 Å². The maximum Gasteiger partial charge on any atom is 0.341 e. The molecule has 0 unspecified atom stereocenters. The van der Waals surface area contributed by atoms with E-state index in [-0.39, 0.29) is 11.1 Å². The highest BCUT2D eigenvalue weighted by molar-refractivity contribution is 9.11. The number of hydrogen-bond acceptors (Lipinski definition) is 6. The number of ether oxygens (including phenoxy) is 4. The minimum Gasteiger partial charge on any atom is -0.495 e. The summed E-state index contributed by atoms with van der Waals surface area (Å²) in [5, 5.41) is 0. The molecule has 0 aliphatic rings. The Morgan fingerprint density at radius 3 is 1.38 bits per heavy atom. The van der Waals surface area contributed by atoms with Gasteiger partial charge >= 0.3 is 11.9 Å². The van der Waals surface area contributed by atoms with E-state index in [1.807, 2.05) is 13.8 Å². The van der Waals surface area contributed by atoms with Crippen LogP contribution < -0.4 is 9.47 Å². The van der Waals surface area contributed by atoms with Crippen LogP contribution in [0.25, 0.3) is 0 Å². The molecule has 0 aliphatic heterocycles. The third-order valence-electron chi connectivity index (χ3n) is 5.15. The normalized spacial score (nSPS) is 11.0. The molecule has 0 saturated heterocycles. The van der Waals surface area contributed by atoms with Gasteiger partial charge in [-0.1, -0.05) is 0 Å². The minimum atomic E-state index is -0.927. The zero-order valence-electron chi connectivity index (χ0n) is 18.3. The van der Waals surface area contributed by atoms with Crippen molar-refractivity contribution in [2.45, 2.75) is 24.6 Å². The summed E-state index contributed by atoms with van der Waals surface area (Å²) in [7, 11) is 5.49. The van der Waals surface area contributed by atoms with Gasteiger partial charge in [0.05, 0.1) is 37.4 Å². The lowest BCUT2D eigenvalue weighted by molar-refractivity contribution is 0.0587. The van der Waals surface area contributed by atoms with Gasteiger partial charge in [0.15, 0.2) is 0 Å². The number of rotatable bonds is 7. The van der Waals surface area contributed by atoms with Crippen molar-refractivity contribution in [2.24, 2.45) is 0 Å². The Morgan fingerprint density at radius 2 is 1.12 bits per heavy atom. The van der Waals surface area contributed by atoms with Gasteiger partial charge in [-0.2, -0.15) is 0 Å². The minimum absolute atomic E-state index is 0.208. The van der Waals surface area contributed by atoms with E-state index >= 15 is 0 Å². The third kappa shape index (κ3) is 4.88. The predicted octanol–water partition coefficient (Wildman–Crippen LogP) is 6.35. The molecule has 0 fully saturated rings. The van der Waals surface area contributed by atoms with Gasteiger partial charge in [-0.05, 0) is 80.1 Å². The second-order valence-electron chi connectivity index (χ2n) is 6.77. The van der Waals surface area contributed by atoms with E-state index in [0.717, 1.165) is 11.1 Å². The first kappa shape index (κ1) is 26.8. The van der Waals surface area contributed by atoms with Gasteiger partial charge < -0.3 is 18.9 Å². The molecular weight excluding hydrogens is 591 g/mol. The highest BCUT2D eigenvalue weighted by atomic mass is 79.9. The summed E-state index contributed by atoms with van der Waals surface area (Å²) < 4.78 is 21.8. The van der Waals surface area contributed by atoms with Crippen molar-refractivity contribution >= 4 is 67.0 Å². The molecule has 0 atom stereocenters. The van der Waals surface area contributed by atoms with Crippen LogP contribution in [0.2, 0.25) is 0 Å². The number of alkyl halides is 2. The van der Waals surface area contributed by atoms with Crippen molar-refractivity contribution in [3.05, 3.63) is 54.5 Å². The molecule has 0 aliphatic carbocycles. The van der Waals surface area contributed by atoms with Crippen molar-refractivity contribution in [3.63, 3.8) is 0 Å². The van der Waals surface area contributed by atoms with Gasteiger partial charge in [0.1, 0.15) is 27.5 Å². The molecule has 0 amide bonds. The zero-order valence-corrected chi connectivity index (χ0v) is 23.0. The van der Waals surface area contributed by atoms with Crippen LogP contribution in [0.4, 0.5) is 0 Å². The second kappa shape index (κ2) is 11.1. The first-order valence-electron chi connectivity index (χ1n) is 9.24. The van der Waals surface area contributed by atoms with Crippen molar-refractivity contribution in [3.8, 4) is 11.5 Å². The highest BCUT2D eigenvalue weighted by Gasteiger charge is 2.32. The number of carbonyl (C=O) groups excluding carboxylic acids is 2. The summed E-state index contributed by atoms with van der Waals surface area (Å²) in [6.45, 7) is 3.70. The molecule has 10 heteroatoms. The smallest absolute Gasteiger partial charge is 0.341 e. The lowest BCUT2D eigenvalue weighted by Gasteiger charge is -2.27. The number of methoxy groups -OCH3 is 4. The summed E-state index contributed by atoms with van der Waals surface area (Å²) in [6, 6.07) is 3.28. The Morgan fingerprint density at radius 1 is 0.781 bits per heavy atom. The van der Waals surface area contributed by atoms with Crippen LogP contribution in [0, 0.1) is 13.8 Å². The summed E-state index contributed by atoms with van der Waals surface area (Å²) in [5.74, 6) is -1.10. The zero-order chi connectivity index (χ0) is 24.3. The molecule has 174 valence electrons. The molecule has 2 aromatic rings. The summed E-state index contributed by atoms with van der Waals surface area (Å²) in [5.41, 5.74) is 3.25. The fraction of sp³-hybridized carbons (Fsp3) is 0.364. The molecule has 0 bridgehead atoms. The van der Waals surface area contributed by atoms with E-state index < -0.39 is 22.7 Å². The number of carbonyl (C=O) groups is 2. The molecule has 2 aromatic carbocycles. The highest BCUT2D eigenvalue weighted by Crippen LogP contribution is 2.46. The first-order chi connectivity index (χ1) is 15.0. The topological polar surface area (TPSA) is 71.1 Å². The standard InChI is InChI=1S/C22H22Br2Cl2O6/c1-9-11(7-13(21(27)31-5)18(29-3)16(9)23)15(20(25)26)12-8-14(22(28)32-6)19(30-4)17(24)10(12)2/h7-8,15,20H,1-6H3. The molecule has 0 N–H and O–H groups in total. The molecule has 32 heavy (non-hydrogen) atoms. The predicted molar refractivity (Wildman–Crippen MR) is 131 cm³/mol. The van der Waals surface area contributed by atoms with Gasteiger partial charge in [-0.25, -0.2) is 9.59 Å². The number of esters is 2. The quantitative estimate of drug-likeness (QED) is 0.268.